The van der Waals surface area contributed by atoms with E-state index in [1.54, 1.807) is 24.3 Å². The van der Waals surface area contributed by atoms with Crippen molar-refractivity contribution in [2.24, 2.45) is 0 Å². The summed E-state index contributed by atoms with van der Waals surface area (Å²) in [7, 11) is 1.18. The van der Waals surface area contributed by atoms with Gasteiger partial charge in [-0.25, -0.2) is 4.79 Å². The summed E-state index contributed by atoms with van der Waals surface area (Å²) in [5, 5.41) is 2.36. The summed E-state index contributed by atoms with van der Waals surface area (Å²) in [6, 6.07) is 20.7. The second-order valence-corrected chi connectivity index (χ2v) is 6.26. The van der Waals surface area contributed by atoms with Gasteiger partial charge in [-0.1, -0.05) is 30.3 Å². The molecule has 0 amide bonds. The number of carbonyl (C=O) groups is 2. The topological polar surface area (TPSA) is 61.8 Å². The van der Waals surface area contributed by atoms with Crippen molar-refractivity contribution in [2.75, 3.05) is 20.3 Å². The van der Waals surface area contributed by atoms with Crippen LogP contribution in [-0.2, 0) is 9.53 Å². The molecule has 3 aromatic rings. The molecule has 0 aromatic heterocycles. The van der Waals surface area contributed by atoms with Crippen LogP contribution in [0, 0.1) is 0 Å². The first-order valence-corrected chi connectivity index (χ1v) is 9.14. The number of carbonyl (C=O) groups excluding carboxylic acids is 2. The zero-order chi connectivity index (χ0) is 19.8. The molecule has 3 aromatic carbocycles. The largest absolute Gasteiger partial charge is 0.494 e. The number of Topliss-reactive ketones (excluding diaryl/α,β-unsaturated/α-hetero) is 1. The Kier molecular flexibility index (Phi) is 6.63. The van der Waals surface area contributed by atoms with Gasteiger partial charge >= 0.3 is 5.97 Å². The minimum absolute atomic E-state index is 0.281. The maximum Gasteiger partial charge on any atom is 0.379 e. The van der Waals surface area contributed by atoms with Crippen molar-refractivity contribution in [1.29, 1.82) is 0 Å². The van der Waals surface area contributed by atoms with E-state index in [0.29, 0.717) is 19.0 Å². The van der Waals surface area contributed by atoms with Crippen LogP contribution < -0.4 is 9.47 Å². The molecule has 0 saturated heterocycles. The number of ether oxygens (including phenoxy) is 3. The Labute approximate surface area is 163 Å². The van der Waals surface area contributed by atoms with E-state index in [4.69, 9.17) is 9.47 Å². The van der Waals surface area contributed by atoms with Crippen molar-refractivity contribution in [2.45, 2.75) is 12.8 Å². The Morgan fingerprint density at radius 2 is 1.36 bits per heavy atom. The number of rotatable bonds is 9. The molecule has 0 aliphatic heterocycles. The summed E-state index contributed by atoms with van der Waals surface area (Å²) in [6.07, 6.45) is 1.71. The van der Waals surface area contributed by atoms with Crippen LogP contribution in [-0.4, -0.2) is 32.1 Å². The highest BCUT2D eigenvalue weighted by Gasteiger charge is 2.16. The van der Waals surface area contributed by atoms with Gasteiger partial charge in [0.2, 0.25) is 0 Å². The molecule has 0 N–H and O–H groups in total. The lowest BCUT2D eigenvalue weighted by Crippen LogP contribution is -2.15. The molecular formula is C23H22O5. The molecule has 0 unspecified atom stereocenters. The summed E-state index contributed by atoms with van der Waals surface area (Å²) in [5.74, 6) is -0.0256. The number of fused-ring (bicyclic) bond motifs is 1. The van der Waals surface area contributed by atoms with E-state index < -0.39 is 11.8 Å². The summed E-state index contributed by atoms with van der Waals surface area (Å²) >= 11 is 0. The van der Waals surface area contributed by atoms with E-state index >= 15 is 0 Å². The minimum Gasteiger partial charge on any atom is -0.494 e. The van der Waals surface area contributed by atoms with Crippen molar-refractivity contribution < 1.29 is 23.8 Å². The third-order valence-corrected chi connectivity index (χ3v) is 4.28. The summed E-state index contributed by atoms with van der Waals surface area (Å²) in [5.41, 5.74) is 0.281. The molecular weight excluding hydrogens is 356 g/mol. The molecule has 0 aliphatic rings. The molecule has 144 valence electrons. The lowest BCUT2D eigenvalue weighted by atomic mass is 10.1. The van der Waals surface area contributed by atoms with Gasteiger partial charge in [0, 0.05) is 5.56 Å². The second kappa shape index (κ2) is 9.55. The molecule has 0 fully saturated rings. The predicted molar refractivity (Wildman–Crippen MR) is 107 cm³/mol. The Bertz CT molecular complexity index is 947. The molecule has 0 radical (unpaired) electrons. The molecule has 5 heteroatoms. The molecule has 0 spiro atoms. The van der Waals surface area contributed by atoms with Gasteiger partial charge in [0.15, 0.2) is 0 Å². The van der Waals surface area contributed by atoms with E-state index in [1.807, 2.05) is 24.3 Å². The molecule has 0 saturated carbocycles. The number of esters is 1. The molecule has 3 rings (SSSR count). The van der Waals surface area contributed by atoms with Crippen molar-refractivity contribution in [3.63, 3.8) is 0 Å². The first-order chi connectivity index (χ1) is 13.7. The number of hydrogen-bond acceptors (Lipinski definition) is 5. The van der Waals surface area contributed by atoms with Gasteiger partial charge in [-0.05, 0) is 60.0 Å². The van der Waals surface area contributed by atoms with Gasteiger partial charge < -0.3 is 14.2 Å². The second-order valence-electron chi connectivity index (χ2n) is 6.26. The van der Waals surface area contributed by atoms with Crippen LogP contribution in [0.25, 0.3) is 10.8 Å². The Hall–Kier alpha value is -3.34. The fourth-order valence-corrected chi connectivity index (χ4v) is 2.75. The lowest BCUT2D eigenvalue weighted by molar-refractivity contribution is -0.135. The highest BCUT2D eigenvalue weighted by Crippen LogP contribution is 2.20. The molecule has 0 heterocycles. The van der Waals surface area contributed by atoms with Gasteiger partial charge in [0.25, 0.3) is 5.78 Å². The highest BCUT2D eigenvalue weighted by atomic mass is 16.5. The highest BCUT2D eigenvalue weighted by molar-refractivity contribution is 6.40. The molecule has 0 atom stereocenters. The number of unbranched alkanes of at least 4 members (excludes halogenated alkanes) is 1. The van der Waals surface area contributed by atoms with Crippen LogP contribution in [0.4, 0.5) is 0 Å². The first-order valence-electron chi connectivity index (χ1n) is 9.14. The average Bonchev–Trinajstić information content (AvgIpc) is 2.75. The van der Waals surface area contributed by atoms with Crippen LogP contribution in [0.2, 0.25) is 0 Å². The van der Waals surface area contributed by atoms with Crippen LogP contribution >= 0.6 is 0 Å². The fraction of sp³-hybridized carbons (Fsp3) is 0.217. The van der Waals surface area contributed by atoms with Gasteiger partial charge in [0.05, 0.1) is 20.3 Å². The van der Waals surface area contributed by atoms with Crippen LogP contribution in [0.15, 0.2) is 66.7 Å². The van der Waals surface area contributed by atoms with Crippen LogP contribution in [0.5, 0.6) is 11.5 Å². The number of ketones is 1. The average molecular weight is 378 g/mol. The van der Waals surface area contributed by atoms with Crippen LogP contribution in [0.1, 0.15) is 23.2 Å². The first kappa shape index (κ1) is 19.4. The lowest BCUT2D eigenvalue weighted by Gasteiger charge is -2.09. The molecule has 0 bridgehead atoms. The summed E-state index contributed by atoms with van der Waals surface area (Å²) < 4.78 is 15.9. The summed E-state index contributed by atoms with van der Waals surface area (Å²) in [4.78, 5) is 22.9. The molecule has 28 heavy (non-hydrogen) atoms. The number of methoxy groups -OCH3 is 1. The van der Waals surface area contributed by atoms with Crippen LogP contribution in [0.3, 0.4) is 0 Å². The van der Waals surface area contributed by atoms with Crippen molar-refractivity contribution in [3.8, 4) is 11.5 Å². The third kappa shape index (κ3) is 5.10. The minimum atomic E-state index is -0.875. The van der Waals surface area contributed by atoms with Crippen molar-refractivity contribution in [3.05, 3.63) is 72.3 Å². The maximum atomic E-state index is 11.7. The zero-order valence-corrected chi connectivity index (χ0v) is 15.7. The van der Waals surface area contributed by atoms with Gasteiger partial charge in [-0.15, -0.1) is 0 Å². The van der Waals surface area contributed by atoms with E-state index in [9.17, 15) is 9.59 Å². The van der Waals surface area contributed by atoms with E-state index in [-0.39, 0.29) is 5.56 Å². The Morgan fingerprint density at radius 1 is 0.750 bits per heavy atom. The van der Waals surface area contributed by atoms with E-state index in [2.05, 4.69) is 22.9 Å². The normalized spacial score (nSPS) is 10.5. The van der Waals surface area contributed by atoms with E-state index in [0.717, 1.165) is 24.0 Å². The Morgan fingerprint density at radius 3 is 2.04 bits per heavy atom. The molecule has 5 nitrogen and oxygen atoms in total. The zero-order valence-electron chi connectivity index (χ0n) is 15.7. The Balaban J connectivity index is 1.37. The summed E-state index contributed by atoms with van der Waals surface area (Å²) in [6.45, 7) is 1.17. The van der Waals surface area contributed by atoms with Gasteiger partial charge in [0.1, 0.15) is 11.5 Å². The molecule has 0 aliphatic carbocycles. The smallest absolute Gasteiger partial charge is 0.379 e. The standard InChI is InChI=1S/C23H22O5/c1-26-23(25)22(24)18-9-11-20(12-10-18)27-14-4-5-15-28-21-13-8-17-6-2-3-7-19(17)16-21/h2-3,6-13,16H,4-5,14-15H2,1H3. The third-order valence-electron chi connectivity index (χ3n) is 4.28. The number of hydrogen-bond donors (Lipinski definition) is 0. The fourth-order valence-electron chi connectivity index (χ4n) is 2.75. The van der Waals surface area contributed by atoms with E-state index in [1.165, 1.54) is 12.5 Å². The monoisotopic (exact) mass is 378 g/mol. The van der Waals surface area contributed by atoms with Crippen molar-refractivity contribution >= 4 is 22.5 Å². The predicted octanol–water partition coefficient (Wildman–Crippen LogP) is 4.43. The SMILES string of the molecule is COC(=O)C(=O)c1ccc(OCCCCOc2ccc3ccccc3c2)cc1. The number of benzene rings is 3. The quantitative estimate of drug-likeness (QED) is 0.238. The van der Waals surface area contributed by atoms with Crippen molar-refractivity contribution in [1.82, 2.24) is 0 Å². The van der Waals surface area contributed by atoms with Gasteiger partial charge in [-0.2, -0.15) is 0 Å². The maximum absolute atomic E-state index is 11.7. The van der Waals surface area contributed by atoms with Gasteiger partial charge in [-0.3, -0.25) is 4.79 Å².